The van der Waals surface area contributed by atoms with Gasteiger partial charge in [0.15, 0.2) is 5.03 Å². The van der Waals surface area contributed by atoms with Crippen LogP contribution >= 0.6 is 11.6 Å². The average Bonchev–Trinajstić information content (AvgIpc) is 3.46. The summed E-state index contributed by atoms with van der Waals surface area (Å²) in [7, 11) is -2.41. The van der Waals surface area contributed by atoms with Crippen LogP contribution in [0.4, 0.5) is 15.8 Å². The van der Waals surface area contributed by atoms with Gasteiger partial charge in [0.25, 0.3) is 15.9 Å². The Hall–Kier alpha value is -4.29. The largest absolute Gasteiger partial charge is 0.321 e. The first-order valence-corrected chi connectivity index (χ1v) is 12.3. The molecule has 2 N–H and O–H groups in total. The first kappa shape index (κ1) is 23.5. The van der Waals surface area contributed by atoms with Crippen molar-refractivity contribution in [2.24, 2.45) is 7.05 Å². The summed E-state index contributed by atoms with van der Waals surface area (Å²) in [5.41, 5.74) is 1.79. The third-order valence-electron chi connectivity index (χ3n) is 5.23. The van der Waals surface area contributed by atoms with Crippen LogP contribution in [0.25, 0.3) is 16.6 Å². The number of hydrogen-bond donors (Lipinski definition) is 2. The fraction of sp³-hybridized carbons (Fsp3) is 0.0435. The van der Waals surface area contributed by atoms with Crippen LogP contribution in [-0.4, -0.2) is 38.9 Å². The van der Waals surface area contributed by atoms with Gasteiger partial charge in [-0.05, 0) is 54.6 Å². The van der Waals surface area contributed by atoms with Crippen LogP contribution in [0.3, 0.4) is 0 Å². The molecule has 1 amide bonds. The third-order valence-corrected chi connectivity index (χ3v) is 6.79. The number of fused-ring (bicyclic) bond motifs is 1. The molecule has 0 unspecified atom stereocenters. The number of nitrogens with zero attached hydrogens (tertiary/aromatic N) is 5. The Bertz CT molecular complexity index is 1720. The number of sulfonamides is 1. The van der Waals surface area contributed by atoms with Crippen molar-refractivity contribution < 1.29 is 17.6 Å². The van der Waals surface area contributed by atoms with Gasteiger partial charge in [0.2, 0.25) is 0 Å². The quantitative estimate of drug-likeness (QED) is 0.345. The normalized spacial score (nSPS) is 11.5. The molecule has 0 atom stereocenters. The highest BCUT2D eigenvalue weighted by molar-refractivity contribution is 7.92. The van der Waals surface area contributed by atoms with Gasteiger partial charge in [0.1, 0.15) is 11.5 Å². The molecular formula is C23H17ClFN7O3S. The lowest BCUT2D eigenvalue weighted by Gasteiger charge is -2.07. The van der Waals surface area contributed by atoms with E-state index in [1.54, 1.807) is 37.6 Å². The zero-order chi connectivity index (χ0) is 25.4. The molecule has 3 heterocycles. The Morgan fingerprint density at radius 3 is 2.61 bits per heavy atom. The number of nitrogens with one attached hydrogen (secondary N) is 2. The number of rotatable bonds is 6. The number of aryl methyl sites for hydroxylation is 1. The Kier molecular flexibility index (Phi) is 5.90. The van der Waals surface area contributed by atoms with Gasteiger partial charge in [0, 0.05) is 30.5 Å². The third kappa shape index (κ3) is 4.51. The molecule has 10 nitrogen and oxygen atoms in total. The van der Waals surface area contributed by atoms with E-state index >= 15 is 0 Å². The molecule has 36 heavy (non-hydrogen) atoms. The number of aromatic nitrogens is 5. The lowest BCUT2D eigenvalue weighted by Crippen LogP contribution is -2.16. The van der Waals surface area contributed by atoms with Gasteiger partial charge < -0.3 is 5.32 Å². The monoisotopic (exact) mass is 525 g/mol. The Morgan fingerprint density at radius 1 is 1.06 bits per heavy atom. The highest BCUT2D eigenvalue weighted by Gasteiger charge is 2.21. The fourth-order valence-electron chi connectivity index (χ4n) is 3.59. The zero-order valence-electron chi connectivity index (χ0n) is 18.6. The van der Waals surface area contributed by atoms with Gasteiger partial charge in [-0.15, -0.1) is 0 Å². The second kappa shape index (κ2) is 9.06. The van der Waals surface area contributed by atoms with Gasteiger partial charge in [-0.3, -0.25) is 19.2 Å². The second-order valence-corrected chi connectivity index (χ2v) is 9.74. The van der Waals surface area contributed by atoms with Crippen molar-refractivity contribution >= 4 is 49.8 Å². The summed E-state index contributed by atoms with van der Waals surface area (Å²) >= 11 is 5.79. The summed E-state index contributed by atoms with van der Waals surface area (Å²) in [6.07, 6.45) is 4.68. The smallest absolute Gasteiger partial charge is 0.281 e. The summed E-state index contributed by atoms with van der Waals surface area (Å²) in [5, 5.41) is 11.3. The van der Waals surface area contributed by atoms with Crippen LogP contribution in [0.2, 0.25) is 5.02 Å². The van der Waals surface area contributed by atoms with Crippen LogP contribution in [0, 0.1) is 5.82 Å². The molecule has 13 heteroatoms. The SMILES string of the molecule is Cn1nc2cc(NS(=O)(=O)c3ccn(-c4cccnc4)n3)ccc2c1C(=O)Nc1ccc(F)c(Cl)c1. The minimum atomic E-state index is -4.00. The molecule has 5 rings (SSSR count). The van der Waals surface area contributed by atoms with Crippen molar-refractivity contribution in [3.63, 3.8) is 0 Å². The average molecular weight is 526 g/mol. The maximum atomic E-state index is 13.4. The molecule has 0 saturated heterocycles. The van der Waals surface area contributed by atoms with Crippen molar-refractivity contribution in [1.82, 2.24) is 24.5 Å². The van der Waals surface area contributed by atoms with Crippen molar-refractivity contribution in [2.75, 3.05) is 10.0 Å². The molecule has 0 saturated carbocycles. The first-order valence-electron chi connectivity index (χ1n) is 10.4. The molecule has 182 valence electrons. The number of anilines is 2. The number of benzene rings is 2. The van der Waals surface area contributed by atoms with Gasteiger partial charge in [-0.1, -0.05) is 11.6 Å². The predicted molar refractivity (Wildman–Crippen MR) is 132 cm³/mol. The molecular weight excluding hydrogens is 509 g/mol. The van der Waals surface area contributed by atoms with Crippen molar-refractivity contribution in [1.29, 1.82) is 0 Å². The maximum Gasteiger partial charge on any atom is 0.281 e. The molecule has 0 aliphatic heterocycles. The van der Waals surface area contributed by atoms with Crippen LogP contribution in [0.1, 0.15) is 10.5 Å². The molecule has 5 aromatic rings. The van der Waals surface area contributed by atoms with Crippen molar-refractivity contribution in [3.05, 3.63) is 89.7 Å². The van der Waals surface area contributed by atoms with Gasteiger partial charge >= 0.3 is 0 Å². The van der Waals surface area contributed by atoms with E-state index in [0.29, 0.717) is 22.3 Å². The summed E-state index contributed by atoms with van der Waals surface area (Å²) in [6, 6.07) is 13.3. The van der Waals surface area contributed by atoms with E-state index in [1.807, 2.05) is 0 Å². The highest BCUT2D eigenvalue weighted by Crippen LogP contribution is 2.25. The summed E-state index contributed by atoms with van der Waals surface area (Å²) in [5.74, 6) is -1.09. The molecule has 0 radical (unpaired) electrons. The predicted octanol–water partition coefficient (Wildman–Crippen LogP) is 4.00. The fourth-order valence-corrected chi connectivity index (χ4v) is 4.75. The van der Waals surface area contributed by atoms with Gasteiger partial charge in [0.05, 0.1) is 28.1 Å². The topological polar surface area (TPSA) is 124 Å². The Morgan fingerprint density at radius 2 is 1.86 bits per heavy atom. The minimum absolute atomic E-state index is 0.121. The van der Waals surface area contributed by atoms with Crippen LogP contribution in [0.15, 0.2) is 78.2 Å². The van der Waals surface area contributed by atoms with Crippen LogP contribution < -0.4 is 10.0 Å². The zero-order valence-corrected chi connectivity index (χ0v) is 20.1. The number of carbonyl (C=O) groups excluding carboxylic acids is 1. The number of pyridine rings is 1. The Balaban J connectivity index is 1.39. The lowest BCUT2D eigenvalue weighted by atomic mass is 10.2. The van der Waals surface area contributed by atoms with Crippen LogP contribution in [0.5, 0.6) is 0 Å². The van der Waals surface area contributed by atoms with Gasteiger partial charge in [-0.2, -0.15) is 18.6 Å². The molecule has 0 bridgehead atoms. The molecule has 0 fully saturated rings. The summed E-state index contributed by atoms with van der Waals surface area (Å²) in [6.45, 7) is 0. The summed E-state index contributed by atoms with van der Waals surface area (Å²) < 4.78 is 44.4. The second-order valence-electron chi connectivity index (χ2n) is 7.70. The van der Waals surface area contributed by atoms with E-state index in [-0.39, 0.29) is 21.4 Å². The maximum absolute atomic E-state index is 13.4. The number of carbonyl (C=O) groups is 1. The van der Waals surface area contributed by atoms with Crippen molar-refractivity contribution in [3.8, 4) is 5.69 Å². The number of amides is 1. The van der Waals surface area contributed by atoms with E-state index in [9.17, 15) is 17.6 Å². The molecule has 0 aliphatic carbocycles. The van der Waals surface area contributed by atoms with E-state index in [0.717, 1.165) is 6.07 Å². The molecule has 0 spiro atoms. The number of hydrogen-bond acceptors (Lipinski definition) is 6. The van der Waals surface area contributed by atoms with E-state index < -0.39 is 21.7 Å². The minimum Gasteiger partial charge on any atom is -0.321 e. The standard InChI is InChI=1S/C23H17ClFN7O3S/c1-31-22(23(33)27-14-5-7-19(25)18(24)11-14)17-6-4-15(12-20(17)28-31)30-36(34,35)21-8-10-32(29-21)16-3-2-9-26-13-16/h2-13,30H,1H3,(H,27,33). The molecule has 2 aromatic carbocycles. The number of halogens is 2. The van der Waals surface area contributed by atoms with Crippen LogP contribution in [-0.2, 0) is 17.1 Å². The Labute approximate surface area is 209 Å². The highest BCUT2D eigenvalue weighted by atomic mass is 35.5. The van der Waals surface area contributed by atoms with Gasteiger partial charge in [-0.25, -0.2) is 9.07 Å². The van der Waals surface area contributed by atoms with E-state index in [1.165, 1.54) is 45.9 Å². The van der Waals surface area contributed by atoms with E-state index in [2.05, 4.69) is 25.2 Å². The van der Waals surface area contributed by atoms with E-state index in [4.69, 9.17) is 11.6 Å². The molecule has 0 aliphatic rings. The molecule has 3 aromatic heterocycles. The first-order chi connectivity index (χ1) is 17.2. The van der Waals surface area contributed by atoms with Crippen molar-refractivity contribution in [2.45, 2.75) is 5.03 Å². The lowest BCUT2D eigenvalue weighted by molar-refractivity contribution is 0.101. The summed E-state index contributed by atoms with van der Waals surface area (Å²) in [4.78, 5) is 16.9.